The van der Waals surface area contributed by atoms with Crippen LogP contribution in [0, 0.1) is 18.7 Å². The fourth-order valence-corrected chi connectivity index (χ4v) is 4.58. The van der Waals surface area contributed by atoms with E-state index in [1.54, 1.807) is 42.8 Å². The lowest BCUT2D eigenvalue weighted by Gasteiger charge is -2.30. The summed E-state index contributed by atoms with van der Waals surface area (Å²) in [7, 11) is 3.14. The zero-order chi connectivity index (χ0) is 25.5. The summed E-state index contributed by atoms with van der Waals surface area (Å²) >= 11 is 6.17. The second kappa shape index (κ2) is 9.56. The topological polar surface area (TPSA) is 68.2 Å². The zero-order valence-electron chi connectivity index (χ0n) is 19.4. The minimum Gasteiger partial charge on any atom is -0.496 e. The van der Waals surface area contributed by atoms with E-state index in [0.717, 1.165) is 0 Å². The van der Waals surface area contributed by atoms with Gasteiger partial charge in [0.15, 0.2) is 5.82 Å². The van der Waals surface area contributed by atoms with Crippen LogP contribution in [0.4, 0.5) is 29.2 Å². The molecule has 1 aromatic heterocycles. The number of alkyl halides is 3. The second-order valence-corrected chi connectivity index (χ2v) is 9.18. The van der Waals surface area contributed by atoms with Crippen LogP contribution in [-0.4, -0.2) is 34.8 Å². The van der Waals surface area contributed by atoms with Crippen LogP contribution in [0.3, 0.4) is 0 Å². The maximum absolute atomic E-state index is 14.6. The Hall–Kier alpha value is -3.01. The number of amides is 1. The van der Waals surface area contributed by atoms with Gasteiger partial charge < -0.3 is 19.9 Å². The molecule has 1 heterocycles. The van der Waals surface area contributed by atoms with Crippen molar-refractivity contribution in [2.45, 2.75) is 44.8 Å². The van der Waals surface area contributed by atoms with Crippen molar-refractivity contribution in [1.29, 1.82) is 0 Å². The van der Waals surface area contributed by atoms with Crippen LogP contribution in [0.2, 0.25) is 5.02 Å². The van der Waals surface area contributed by atoms with Crippen molar-refractivity contribution in [3.05, 3.63) is 46.2 Å². The molecule has 1 aliphatic carbocycles. The summed E-state index contributed by atoms with van der Waals surface area (Å²) in [6.45, 7) is 1.62. The predicted octanol–water partition coefficient (Wildman–Crippen LogP) is 6.28. The van der Waals surface area contributed by atoms with Crippen molar-refractivity contribution in [2.24, 2.45) is 13.0 Å². The Labute approximate surface area is 204 Å². The number of ether oxygens (including phenoxy) is 1. The van der Waals surface area contributed by atoms with Gasteiger partial charge in [-0.15, -0.1) is 0 Å². The average Bonchev–Trinajstić information content (AvgIpc) is 3.12. The van der Waals surface area contributed by atoms with Crippen molar-refractivity contribution < 1.29 is 27.1 Å². The fourth-order valence-electron chi connectivity index (χ4n) is 4.39. The first-order valence-electron chi connectivity index (χ1n) is 11.1. The first-order chi connectivity index (χ1) is 16.5. The lowest BCUT2D eigenvalue weighted by atomic mass is 9.85. The highest BCUT2D eigenvalue weighted by molar-refractivity contribution is 6.33. The van der Waals surface area contributed by atoms with E-state index in [9.17, 15) is 22.4 Å². The molecule has 4 rings (SSSR count). The van der Waals surface area contributed by atoms with E-state index in [4.69, 9.17) is 16.3 Å². The number of imidazole rings is 1. The Bertz CT molecular complexity index is 1270. The summed E-state index contributed by atoms with van der Waals surface area (Å²) in [5, 5.41) is 5.94. The summed E-state index contributed by atoms with van der Waals surface area (Å²) in [6.07, 6.45) is -3.74. The van der Waals surface area contributed by atoms with E-state index in [2.05, 4.69) is 15.6 Å². The van der Waals surface area contributed by atoms with Gasteiger partial charge >= 0.3 is 6.18 Å². The molecule has 0 radical (unpaired) electrons. The number of carbonyl (C=O) groups is 1. The molecule has 188 valence electrons. The number of nitrogens with zero attached hydrogens (tertiary/aromatic N) is 2. The molecule has 1 fully saturated rings. The lowest BCUT2D eigenvalue weighted by Crippen LogP contribution is -2.40. The number of rotatable bonds is 5. The van der Waals surface area contributed by atoms with Gasteiger partial charge in [0.05, 0.1) is 40.3 Å². The number of fused-ring (bicyclic) bond motifs is 1. The highest BCUT2D eigenvalue weighted by Crippen LogP contribution is 2.38. The summed E-state index contributed by atoms with van der Waals surface area (Å²) in [5.41, 5.74) is 1.79. The monoisotopic (exact) mass is 512 g/mol. The highest BCUT2D eigenvalue weighted by Gasteiger charge is 2.41. The smallest absolute Gasteiger partial charge is 0.391 e. The highest BCUT2D eigenvalue weighted by atomic mass is 35.5. The first kappa shape index (κ1) is 25.1. The SMILES string of the molecule is COc1cc2c(cc1C(=O)N[C@H]1CC[C@H](C(F)(F)F)CC1)nc(Nc1c(Cl)ccc(C)c1F)n2C. The van der Waals surface area contributed by atoms with Gasteiger partial charge in [0.1, 0.15) is 5.75 Å². The van der Waals surface area contributed by atoms with E-state index in [1.807, 2.05) is 0 Å². The third kappa shape index (κ3) is 5.03. The molecule has 35 heavy (non-hydrogen) atoms. The summed E-state index contributed by atoms with van der Waals surface area (Å²) in [4.78, 5) is 17.5. The zero-order valence-corrected chi connectivity index (χ0v) is 20.1. The van der Waals surface area contributed by atoms with Crippen LogP contribution in [-0.2, 0) is 7.05 Å². The standard InChI is InChI=1S/C24H25ClF4N4O2/c1-12-4-9-16(25)21(20(12)26)32-23-31-17-10-15(19(35-3)11-18(17)33(23)2)22(34)30-14-7-5-13(6-8-14)24(27,28)29/h4,9-11,13-14H,5-8H2,1-3H3,(H,30,34)(H,31,32)/t13-,14-. The van der Waals surface area contributed by atoms with Crippen LogP contribution in [0.25, 0.3) is 11.0 Å². The third-order valence-corrected chi connectivity index (χ3v) is 6.81. The molecule has 0 aliphatic heterocycles. The molecule has 11 heteroatoms. The largest absolute Gasteiger partial charge is 0.496 e. The summed E-state index contributed by atoms with van der Waals surface area (Å²) in [5.74, 6) is -1.69. The average molecular weight is 513 g/mol. The molecule has 2 aromatic carbocycles. The molecule has 3 aromatic rings. The van der Waals surface area contributed by atoms with Gasteiger partial charge in [-0.1, -0.05) is 17.7 Å². The Morgan fingerprint density at radius 1 is 1.20 bits per heavy atom. The number of anilines is 2. The van der Waals surface area contributed by atoms with Crippen molar-refractivity contribution in [3.63, 3.8) is 0 Å². The van der Waals surface area contributed by atoms with Gasteiger partial charge in [0, 0.05) is 19.2 Å². The Kier molecular flexibility index (Phi) is 6.86. The molecule has 1 aliphatic rings. The molecule has 1 saturated carbocycles. The summed E-state index contributed by atoms with van der Waals surface area (Å²) < 4.78 is 60.5. The van der Waals surface area contributed by atoms with E-state index >= 15 is 0 Å². The van der Waals surface area contributed by atoms with Crippen LogP contribution in [0.5, 0.6) is 5.75 Å². The number of halogens is 5. The Morgan fingerprint density at radius 3 is 2.51 bits per heavy atom. The number of aryl methyl sites for hydroxylation is 2. The van der Waals surface area contributed by atoms with Gasteiger partial charge in [-0.3, -0.25) is 4.79 Å². The number of aromatic nitrogens is 2. The van der Waals surface area contributed by atoms with Gasteiger partial charge in [-0.05, 0) is 50.3 Å². The molecule has 0 saturated heterocycles. The van der Waals surface area contributed by atoms with E-state index < -0.39 is 23.8 Å². The van der Waals surface area contributed by atoms with Gasteiger partial charge in [0.2, 0.25) is 5.95 Å². The number of methoxy groups -OCH3 is 1. The number of benzene rings is 2. The van der Waals surface area contributed by atoms with Gasteiger partial charge in [0.25, 0.3) is 5.91 Å². The molecular formula is C24H25ClF4N4O2. The molecule has 1 amide bonds. The lowest BCUT2D eigenvalue weighted by molar-refractivity contribution is -0.182. The normalized spacial score (nSPS) is 18.5. The molecule has 0 unspecified atom stereocenters. The number of nitrogens with one attached hydrogen (secondary N) is 2. The van der Waals surface area contributed by atoms with E-state index in [0.29, 0.717) is 22.5 Å². The summed E-state index contributed by atoms with van der Waals surface area (Å²) in [6, 6.07) is 5.98. The predicted molar refractivity (Wildman–Crippen MR) is 126 cm³/mol. The van der Waals surface area contributed by atoms with E-state index in [-0.39, 0.29) is 53.7 Å². The van der Waals surface area contributed by atoms with Crippen LogP contribution < -0.4 is 15.4 Å². The van der Waals surface area contributed by atoms with E-state index in [1.165, 1.54) is 7.11 Å². The molecule has 0 spiro atoms. The van der Waals surface area contributed by atoms with Crippen molar-refractivity contribution in [1.82, 2.24) is 14.9 Å². The number of hydrogen-bond acceptors (Lipinski definition) is 4. The second-order valence-electron chi connectivity index (χ2n) is 8.78. The van der Waals surface area contributed by atoms with Crippen LogP contribution in [0.1, 0.15) is 41.6 Å². The van der Waals surface area contributed by atoms with Crippen molar-refractivity contribution >= 4 is 40.2 Å². The molecule has 0 bridgehead atoms. The maximum atomic E-state index is 14.6. The number of carbonyl (C=O) groups excluding carboxylic acids is 1. The molecule has 2 N–H and O–H groups in total. The van der Waals surface area contributed by atoms with Crippen molar-refractivity contribution in [2.75, 3.05) is 12.4 Å². The molecule has 6 nitrogen and oxygen atoms in total. The minimum absolute atomic E-state index is 0.0159. The Morgan fingerprint density at radius 2 is 1.89 bits per heavy atom. The molecule has 0 atom stereocenters. The molecular weight excluding hydrogens is 488 g/mol. The quantitative estimate of drug-likeness (QED) is 0.395. The van der Waals surface area contributed by atoms with Gasteiger partial charge in [-0.25, -0.2) is 9.37 Å². The minimum atomic E-state index is -4.21. The Balaban J connectivity index is 1.58. The van der Waals surface area contributed by atoms with Crippen LogP contribution >= 0.6 is 11.6 Å². The third-order valence-electron chi connectivity index (χ3n) is 6.49. The van der Waals surface area contributed by atoms with Crippen molar-refractivity contribution in [3.8, 4) is 5.75 Å². The van der Waals surface area contributed by atoms with Crippen LogP contribution in [0.15, 0.2) is 24.3 Å². The first-order valence-corrected chi connectivity index (χ1v) is 11.5. The number of hydrogen-bond donors (Lipinski definition) is 2. The maximum Gasteiger partial charge on any atom is 0.391 e. The van der Waals surface area contributed by atoms with Gasteiger partial charge in [-0.2, -0.15) is 13.2 Å². The fraction of sp³-hybridized carbons (Fsp3) is 0.417.